The van der Waals surface area contributed by atoms with Crippen molar-refractivity contribution in [2.45, 2.75) is 147 Å². The summed E-state index contributed by atoms with van der Waals surface area (Å²) in [6, 6.07) is 0. The van der Waals surface area contributed by atoms with Gasteiger partial charge in [-0.3, -0.25) is 4.55 Å². The topological polar surface area (TPSA) is 74.6 Å². The van der Waals surface area contributed by atoms with Gasteiger partial charge in [0.25, 0.3) is 10.1 Å². The van der Waals surface area contributed by atoms with E-state index in [0.717, 1.165) is 70.6 Å². The average Bonchev–Trinajstić information content (AvgIpc) is 2.64. The van der Waals surface area contributed by atoms with Crippen molar-refractivity contribution >= 4 is 10.1 Å². The predicted molar refractivity (Wildman–Crippen MR) is 120 cm³/mol. The molecule has 0 aliphatic carbocycles. The van der Waals surface area contributed by atoms with E-state index in [1.54, 1.807) is 0 Å². The monoisotopic (exact) mass is 420 g/mol. The van der Waals surface area contributed by atoms with Crippen LogP contribution in [0.1, 0.15) is 136 Å². The summed E-state index contributed by atoms with van der Waals surface area (Å²) in [5.41, 5.74) is 0. The van der Waals surface area contributed by atoms with Crippen LogP contribution in [0.3, 0.4) is 0 Å². The molecule has 0 fully saturated rings. The van der Waals surface area contributed by atoms with Gasteiger partial charge in [0.2, 0.25) is 0 Å². The maximum atomic E-state index is 11.6. The molecule has 0 heterocycles. The van der Waals surface area contributed by atoms with Crippen LogP contribution in [-0.4, -0.2) is 29.4 Å². The van der Waals surface area contributed by atoms with Gasteiger partial charge in [-0.2, -0.15) is 8.42 Å². The Balaban J connectivity index is 3.74. The molecule has 2 unspecified atom stereocenters. The normalized spacial score (nSPS) is 14.3. The van der Waals surface area contributed by atoms with Crippen molar-refractivity contribution in [2.75, 3.05) is 0 Å². The second-order valence-corrected chi connectivity index (χ2v) is 10.2. The highest BCUT2D eigenvalue weighted by Gasteiger charge is 2.21. The van der Waals surface area contributed by atoms with Crippen LogP contribution in [0.4, 0.5) is 0 Å². The largest absolute Gasteiger partial charge is 0.393 e. The van der Waals surface area contributed by atoms with Gasteiger partial charge in [-0.1, -0.05) is 110 Å². The van der Waals surface area contributed by atoms with Gasteiger partial charge < -0.3 is 5.11 Å². The van der Waals surface area contributed by atoms with E-state index >= 15 is 0 Å². The summed E-state index contributed by atoms with van der Waals surface area (Å²) in [4.78, 5) is 0. The molecule has 5 heteroatoms. The van der Waals surface area contributed by atoms with Gasteiger partial charge in [-0.05, 0) is 25.7 Å². The molecule has 0 rings (SSSR count). The Morgan fingerprint density at radius 1 is 0.571 bits per heavy atom. The summed E-state index contributed by atoms with van der Waals surface area (Å²) in [6.45, 7) is 4.36. The number of hydrogen-bond acceptors (Lipinski definition) is 3. The van der Waals surface area contributed by atoms with E-state index in [1.807, 2.05) is 0 Å². The molecule has 2 N–H and O–H groups in total. The Morgan fingerprint density at radius 2 is 0.929 bits per heavy atom. The molecule has 0 aliphatic rings. The lowest BCUT2D eigenvalue weighted by Gasteiger charge is -2.14. The van der Waals surface area contributed by atoms with Gasteiger partial charge >= 0.3 is 0 Å². The highest BCUT2D eigenvalue weighted by atomic mass is 32.2. The quantitative estimate of drug-likeness (QED) is 0.154. The third-order valence-corrected chi connectivity index (χ3v) is 7.07. The van der Waals surface area contributed by atoms with Crippen molar-refractivity contribution in [3.63, 3.8) is 0 Å². The summed E-state index contributed by atoms with van der Waals surface area (Å²) in [5, 5.41) is 9.25. The Hall–Kier alpha value is -0.130. The fourth-order valence-corrected chi connectivity index (χ4v) is 4.74. The molecule has 0 aliphatic heterocycles. The molecule has 0 saturated carbocycles. The molecule has 2 atom stereocenters. The molecule has 4 nitrogen and oxygen atoms in total. The average molecular weight is 421 g/mol. The first-order valence-corrected chi connectivity index (χ1v) is 13.6. The van der Waals surface area contributed by atoms with Crippen LogP contribution in [0.5, 0.6) is 0 Å². The maximum Gasteiger partial charge on any atom is 0.267 e. The minimum Gasteiger partial charge on any atom is -0.393 e. The van der Waals surface area contributed by atoms with E-state index in [2.05, 4.69) is 13.8 Å². The highest BCUT2D eigenvalue weighted by Crippen LogP contribution is 2.19. The number of aliphatic hydroxyl groups is 1. The zero-order valence-electron chi connectivity index (χ0n) is 18.7. The van der Waals surface area contributed by atoms with E-state index in [1.165, 1.54) is 38.5 Å². The minimum atomic E-state index is -3.92. The van der Waals surface area contributed by atoms with E-state index in [9.17, 15) is 18.1 Å². The summed E-state index contributed by atoms with van der Waals surface area (Å²) >= 11 is 0. The second kappa shape index (κ2) is 18.9. The van der Waals surface area contributed by atoms with Gasteiger partial charge in [-0.25, -0.2) is 0 Å². The first kappa shape index (κ1) is 27.9. The standard InChI is InChI=1S/C23H48O4S/c1-3-5-7-8-9-10-13-16-20-23(28(25,26)27)21-17-14-11-12-15-19-22(24)18-6-4-2/h22-24H,3-21H2,1-2H3,(H,25,26,27). The molecule has 170 valence electrons. The van der Waals surface area contributed by atoms with Crippen molar-refractivity contribution in [3.05, 3.63) is 0 Å². The highest BCUT2D eigenvalue weighted by molar-refractivity contribution is 7.86. The first-order valence-electron chi connectivity index (χ1n) is 12.1. The van der Waals surface area contributed by atoms with Crippen molar-refractivity contribution in [2.24, 2.45) is 0 Å². The van der Waals surface area contributed by atoms with Gasteiger partial charge in [-0.15, -0.1) is 0 Å². The van der Waals surface area contributed by atoms with Gasteiger partial charge in [0.05, 0.1) is 11.4 Å². The summed E-state index contributed by atoms with van der Waals surface area (Å²) in [6.07, 6.45) is 19.7. The van der Waals surface area contributed by atoms with Gasteiger partial charge in [0.1, 0.15) is 0 Å². The molecule has 0 aromatic rings. The molecule has 0 amide bonds. The van der Waals surface area contributed by atoms with Crippen LogP contribution in [0.2, 0.25) is 0 Å². The fourth-order valence-electron chi connectivity index (χ4n) is 3.81. The SMILES string of the molecule is CCCCCCCCCCC(CCCCCCCC(O)CCCC)S(=O)(=O)O. The van der Waals surface area contributed by atoms with Gasteiger partial charge in [0, 0.05) is 0 Å². The zero-order valence-corrected chi connectivity index (χ0v) is 19.5. The van der Waals surface area contributed by atoms with Crippen LogP contribution in [0.15, 0.2) is 0 Å². The summed E-state index contributed by atoms with van der Waals surface area (Å²) in [7, 11) is -3.92. The predicted octanol–water partition coefficient (Wildman–Crippen LogP) is 7.06. The molecule has 28 heavy (non-hydrogen) atoms. The third-order valence-electron chi connectivity index (χ3n) is 5.76. The molecule has 0 radical (unpaired) electrons. The van der Waals surface area contributed by atoms with E-state index < -0.39 is 15.4 Å². The lowest BCUT2D eigenvalue weighted by Crippen LogP contribution is -2.20. The van der Waals surface area contributed by atoms with Crippen LogP contribution in [-0.2, 0) is 10.1 Å². The van der Waals surface area contributed by atoms with Crippen LogP contribution < -0.4 is 0 Å². The summed E-state index contributed by atoms with van der Waals surface area (Å²) in [5.74, 6) is 0. The lowest BCUT2D eigenvalue weighted by molar-refractivity contribution is 0.148. The molecule has 0 aromatic carbocycles. The number of hydrogen-bond donors (Lipinski definition) is 2. The third kappa shape index (κ3) is 17.9. The Labute approximate surface area is 175 Å². The van der Waals surface area contributed by atoms with Crippen molar-refractivity contribution in [1.82, 2.24) is 0 Å². The van der Waals surface area contributed by atoms with Crippen molar-refractivity contribution < 1.29 is 18.1 Å². The second-order valence-electron chi connectivity index (χ2n) is 8.54. The molecule has 0 saturated heterocycles. The molecular formula is C23H48O4S. The van der Waals surface area contributed by atoms with Gasteiger partial charge in [0.15, 0.2) is 0 Å². The van der Waals surface area contributed by atoms with E-state index in [-0.39, 0.29) is 6.10 Å². The summed E-state index contributed by atoms with van der Waals surface area (Å²) < 4.78 is 32.7. The zero-order chi connectivity index (χ0) is 21.1. The van der Waals surface area contributed by atoms with Crippen molar-refractivity contribution in [3.8, 4) is 0 Å². The fraction of sp³-hybridized carbons (Fsp3) is 1.00. The number of rotatable bonds is 21. The minimum absolute atomic E-state index is 0.157. The molecule has 0 bridgehead atoms. The van der Waals surface area contributed by atoms with Crippen LogP contribution in [0, 0.1) is 0 Å². The Morgan fingerprint density at radius 3 is 1.36 bits per heavy atom. The molecule has 0 spiro atoms. The lowest BCUT2D eigenvalue weighted by atomic mass is 10.0. The molecular weight excluding hydrogens is 372 g/mol. The maximum absolute atomic E-state index is 11.6. The molecule has 0 aromatic heterocycles. The van der Waals surface area contributed by atoms with E-state index in [0.29, 0.717) is 12.8 Å². The smallest absolute Gasteiger partial charge is 0.267 e. The van der Waals surface area contributed by atoms with E-state index in [4.69, 9.17) is 0 Å². The number of unbranched alkanes of at least 4 members (excludes halogenated alkanes) is 12. The van der Waals surface area contributed by atoms with Crippen LogP contribution >= 0.6 is 0 Å². The Kier molecular flexibility index (Phi) is 18.8. The Bertz CT molecular complexity index is 422. The van der Waals surface area contributed by atoms with Crippen LogP contribution in [0.25, 0.3) is 0 Å². The number of aliphatic hydroxyl groups excluding tert-OH is 1. The first-order chi connectivity index (χ1) is 13.4. The van der Waals surface area contributed by atoms with Crippen molar-refractivity contribution in [1.29, 1.82) is 0 Å².